The van der Waals surface area contributed by atoms with E-state index in [1.807, 2.05) is 90.1 Å². The van der Waals surface area contributed by atoms with Crippen LogP contribution in [0.2, 0.25) is 0 Å². The van der Waals surface area contributed by atoms with Crippen molar-refractivity contribution in [3.63, 3.8) is 0 Å². The van der Waals surface area contributed by atoms with Crippen molar-refractivity contribution < 1.29 is 13.2 Å². The topological polar surface area (TPSA) is 72.3 Å². The number of hydrogen-bond donors (Lipinski definition) is 0. The van der Waals surface area contributed by atoms with Gasteiger partial charge in [-0.15, -0.1) is 0 Å². The van der Waals surface area contributed by atoms with Crippen LogP contribution in [0.4, 0.5) is 0 Å². The molecule has 0 bridgehead atoms. The van der Waals surface area contributed by atoms with Gasteiger partial charge in [0.2, 0.25) is 15.0 Å². The lowest BCUT2D eigenvalue weighted by Gasteiger charge is -2.28. The Morgan fingerprint density at radius 3 is 2.35 bits per heavy atom. The first-order valence-corrected chi connectivity index (χ1v) is 13.3. The molecule has 1 aromatic heterocycles. The number of imidazole rings is 1. The standard InChI is InChI=1S/C27H35N3O3S/c1-19(2)16-30-24(17-29(20(3)4)26(31)25-13-8-7-11-22(25)6)15-28-27(30)34(32,33)18-23-12-9-10-21(5)14-23/h7-15,19-20H,16-18H2,1-6H3. The van der Waals surface area contributed by atoms with Gasteiger partial charge in [-0.2, -0.15) is 0 Å². The number of sulfone groups is 1. The molecule has 1 amide bonds. The second-order valence-electron chi connectivity index (χ2n) is 9.63. The minimum atomic E-state index is -3.67. The van der Waals surface area contributed by atoms with E-state index in [-0.39, 0.29) is 35.3 Å². The van der Waals surface area contributed by atoms with Crippen LogP contribution in [-0.2, 0) is 28.7 Å². The summed E-state index contributed by atoms with van der Waals surface area (Å²) in [5.74, 6) is 0.0224. The zero-order chi connectivity index (χ0) is 25.0. The van der Waals surface area contributed by atoms with Crippen molar-refractivity contribution >= 4 is 15.7 Å². The molecule has 0 radical (unpaired) electrons. The number of rotatable bonds is 9. The first kappa shape index (κ1) is 25.7. The van der Waals surface area contributed by atoms with Crippen LogP contribution in [0.3, 0.4) is 0 Å². The molecule has 0 aliphatic rings. The van der Waals surface area contributed by atoms with Gasteiger partial charge in [0.15, 0.2) is 0 Å². The number of nitrogens with zero attached hydrogens (tertiary/aromatic N) is 3. The summed E-state index contributed by atoms with van der Waals surface area (Å²) in [6.45, 7) is 12.7. The molecule has 0 saturated heterocycles. The highest BCUT2D eigenvalue weighted by molar-refractivity contribution is 7.90. The molecule has 0 aliphatic heterocycles. The lowest BCUT2D eigenvalue weighted by atomic mass is 10.1. The van der Waals surface area contributed by atoms with E-state index in [1.54, 1.807) is 15.7 Å². The molecule has 1 heterocycles. The Bertz CT molecular complexity index is 1260. The van der Waals surface area contributed by atoms with E-state index in [9.17, 15) is 13.2 Å². The molecule has 3 rings (SSSR count). The molecule has 0 spiro atoms. The van der Waals surface area contributed by atoms with Gasteiger partial charge in [-0.25, -0.2) is 13.4 Å². The lowest BCUT2D eigenvalue weighted by molar-refractivity contribution is 0.0684. The fourth-order valence-electron chi connectivity index (χ4n) is 4.04. The summed E-state index contributed by atoms with van der Waals surface area (Å²) in [7, 11) is -3.67. The number of benzene rings is 2. The molecule has 6 nitrogen and oxygen atoms in total. The van der Waals surface area contributed by atoms with Gasteiger partial charge in [-0.3, -0.25) is 4.79 Å². The number of carbonyl (C=O) groups is 1. The Morgan fingerprint density at radius 2 is 1.74 bits per heavy atom. The Labute approximate surface area is 203 Å². The molecule has 182 valence electrons. The summed E-state index contributed by atoms with van der Waals surface area (Å²) in [6, 6.07) is 15.0. The third-order valence-electron chi connectivity index (χ3n) is 5.76. The molecule has 0 N–H and O–H groups in total. The first-order valence-electron chi connectivity index (χ1n) is 11.7. The summed E-state index contributed by atoms with van der Waals surface area (Å²) in [5.41, 5.74) is 4.03. The molecule has 3 aromatic rings. The SMILES string of the molecule is Cc1cccc(CS(=O)(=O)c2ncc(CN(C(=O)c3ccccc3C)C(C)C)n2CC(C)C)c1. The van der Waals surface area contributed by atoms with Crippen molar-refractivity contribution in [1.29, 1.82) is 0 Å². The molecule has 0 unspecified atom stereocenters. The lowest BCUT2D eigenvalue weighted by Crippen LogP contribution is -2.37. The van der Waals surface area contributed by atoms with Crippen LogP contribution >= 0.6 is 0 Å². The van der Waals surface area contributed by atoms with Crippen molar-refractivity contribution in [2.75, 3.05) is 0 Å². The molecule has 0 aliphatic carbocycles. The number of carbonyl (C=O) groups excluding carboxylic acids is 1. The summed E-state index contributed by atoms with van der Waals surface area (Å²) in [4.78, 5) is 19.5. The van der Waals surface area contributed by atoms with Crippen LogP contribution in [0.1, 0.15) is 60.4 Å². The summed E-state index contributed by atoms with van der Waals surface area (Å²) in [6.07, 6.45) is 1.60. The van der Waals surface area contributed by atoms with Crippen molar-refractivity contribution in [2.45, 2.75) is 71.6 Å². The van der Waals surface area contributed by atoms with Gasteiger partial charge in [-0.05, 0) is 50.8 Å². The van der Waals surface area contributed by atoms with Crippen LogP contribution in [-0.4, -0.2) is 34.8 Å². The van der Waals surface area contributed by atoms with Crippen LogP contribution in [0.5, 0.6) is 0 Å². The number of aromatic nitrogens is 2. The molecule has 7 heteroatoms. The predicted octanol–water partition coefficient (Wildman–Crippen LogP) is 5.18. The maximum Gasteiger partial charge on any atom is 0.254 e. The highest BCUT2D eigenvalue weighted by Gasteiger charge is 2.27. The average molecular weight is 482 g/mol. The van der Waals surface area contributed by atoms with Crippen molar-refractivity contribution in [3.8, 4) is 0 Å². The van der Waals surface area contributed by atoms with Crippen molar-refractivity contribution in [3.05, 3.63) is 82.7 Å². The predicted molar refractivity (Wildman–Crippen MR) is 135 cm³/mol. The van der Waals surface area contributed by atoms with E-state index in [0.29, 0.717) is 17.8 Å². The van der Waals surface area contributed by atoms with Crippen LogP contribution < -0.4 is 0 Å². The highest BCUT2D eigenvalue weighted by atomic mass is 32.2. The van der Waals surface area contributed by atoms with Gasteiger partial charge >= 0.3 is 0 Å². The largest absolute Gasteiger partial charge is 0.330 e. The monoisotopic (exact) mass is 481 g/mol. The van der Waals surface area contributed by atoms with E-state index in [2.05, 4.69) is 4.98 Å². The molecule has 0 atom stereocenters. The van der Waals surface area contributed by atoms with Crippen LogP contribution in [0.15, 0.2) is 59.9 Å². The fraction of sp³-hybridized carbons (Fsp3) is 0.407. The van der Waals surface area contributed by atoms with E-state index < -0.39 is 9.84 Å². The Hall–Kier alpha value is -2.93. The van der Waals surface area contributed by atoms with Gasteiger partial charge in [0.25, 0.3) is 5.91 Å². The molecule has 0 fully saturated rings. The highest BCUT2D eigenvalue weighted by Crippen LogP contribution is 2.22. The van der Waals surface area contributed by atoms with Crippen molar-refractivity contribution in [1.82, 2.24) is 14.5 Å². The summed E-state index contributed by atoms with van der Waals surface area (Å²) >= 11 is 0. The molecule has 0 saturated carbocycles. The Balaban J connectivity index is 1.98. The molecule has 34 heavy (non-hydrogen) atoms. The zero-order valence-corrected chi connectivity index (χ0v) is 21.8. The Kier molecular flexibility index (Phi) is 7.97. The summed E-state index contributed by atoms with van der Waals surface area (Å²) < 4.78 is 28.5. The van der Waals surface area contributed by atoms with E-state index >= 15 is 0 Å². The zero-order valence-electron chi connectivity index (χ0n) is 20.9. The normalized spacial score (nSPS) is 11.9. The minimum Gasteiger partial charge on any atom is -0.330 e. The van der Waals surface area contributed by atoms with Gasteiger partial charge < -0.3 is 9.47 Å². The first-order chi connectivity index (χ1) is 16.0. The quantitative estimate of drug-likeness (QED) is 0.422. The number of hydrogen-bond acceptors (Lipinski definition) is 4. The van der Waals surface area contributed by atoms with E-state index in [1.165, 1.54) is 0 Å². The minimum absolute atomic E-state index is 0.0600. The van der Waals surface area contributed by atoms with E-state index in [0.717, 1.165) is 16.7 Å². The Morgan fingerprint density at radius 1 is 1.03 bits per heavy atom. The van der Waals surface area contributed by atoms with Gasteiger partial charge in [0, 0.05) is 18.2 Å². The third-order valence-corrected chi connectivity index (χ3v) is 7.35. The average Bonchev–Trinajstić information content (AvgIpc) is 3.14. The summed E-state index contributed by atoms with van der Waals surface area (Å²) in [5, 5.41) is 0.0600. The van der Waals surface area contributed by atoms with Gasteiger partial charge in [0.1, 0.15) is 0 Å². The number of amides is 1. The maximum absolute atomic E-state index is 13.4. The second kappa shape index (κ2) is 10.6. The second-order valence-corrected chi connectivity index (χ2v) is 11.5. The molecular weight excluding hydrogens is 446 g/mol. The number of aryl methyl sites for hydroxylation is 2. The van der Waals surface area contributed by atoms with Crippen molar-refractivity contribution in [2.24, 2.45) is 5.92 Å². The van der Waals surface area contributed by atoms with Crippen LogP contribution in [0.25, 0.3) is 0 Å². The van der Waals surface area contributed by atoms with Gasteiger partial charge in [-0.1, -0.05) is 61.9 Å². The maximum atomic E-state index is 13.4. The molecular formula is C27H35N3O3S. The van der Waals surface area contributed by atoms with Crippen LogP contribution in [0, 0.1) is 19.8 Å². The fourth-order valence-corrected chi connectivity index (χ4v) is 5.53. The van der Waals surface area contributed by atoms with E-state index in [4.69, 9.17) is 0 Å². The van der Waals surface area contributed by atoms with Gasteiger partial charge in [0.05, 0.1) is 24.2 Å². The molecule has 2 aromatic carbocycles. The smallest absolute Gasteiger partial charge is 0.254 e. The third kappa shape index (κ3) is 5.95.